The number of aromatic nitrogens is 4. The van der Waals surface area contributed by atoms with Gasteiger partial charge in [-0.25, -0.2) is 9.97 Å². The summed E-state index contributed by atoms with van der Waals surface area (Å²) in [6.07, 6.45) is 6.82. The molecule has 2 atom stereocenters. The van der Waals surface area contributed by atoms with Gasteiger partial charge in [-0.05, 0) is 62.3 Å². The van der Waals surface area contributed by atoms with Gasteiger partial charge in [-0.15, -0.1) is 0 Å². The molecule has 4 aromatic rings. The second-order valence-corrected chi connectivity index (χ2v) is 10.7. The smallest absolute Gasteiger partial charge is 0.253 e. The van der Waals surface area contributed by atoms with Crippen molar-refractivity contribution >= 4 is 16.9 Å². The molecule has 2 aliphatic heterocycles. The number of nitrogens with zero attached hydrogens (tertiary/aromatic N) is 5. The van der Waals surface area contributed by atoms with Gasteiger partial charge in [0, 0.05) is 43.9 Å². The van der Waals surface area contributed by atoms with Gasteiger partial charge < -0.3 is 19.4 Å². The van der Waals surface area contributed by atoms with Crippen LogP contribution in [0.1, 0.15) is 36.0 Å². The Kier molecular flexibility index (Phi) is 5.20. The van der Waals surface area contributed by atoms with Crippen LogP contribution in [0.25, 0.3) is 33.9 Å². The van der Waals surface area contributed by atoms with Gasteiger partial charge in [0.1, 0.15) is 11.5 Å². The molecule has 2 unspecified atom stereocenters. The Morgan fingerprint density at radius 1 is 1.06 bits per heavy atom. The molecule has 2 saturated heterocycles. The lowest BCUT2D eigenvalue weighted by molar-refractivity contribution is 0.0669. The maximum atomic E-state index is 13.4. The van der Waals surface area contributed by atoms with Crippen LogP contribution in [0.2, 0.25) is 0 Å². The van der Waals surface area contributed by atoms with Gasteiger partial charge in [-0.1, -0.05) is 30.3 Å². The Bertz CT molecular complexity index is 1430. The van der Waals surface area contributed by atoms with Gasteiger partial charge in [-0.2, -0.15) is 0 Å². The van der Waals surface area contributed by atoms with Crippen molar-refractivity contribution in [3.8, 4) is 22.9 Å². The van der Waals surface area contributed by atoms with E-state index in [1.807, 2.05) is 35.4 Å². The van der Waals surface area contributed by atoms with Crippen molar-refractivity contribution in [2.75, 3.05) is 19.6 Å². The zero-order valence-electron chi connectivity index (χ0n) is 20.7. The second-order valence-electron chi connectivity index (χ2n) is 10.7. The molecule has 2 aromatic heterocycles. The van der Waals surface area contributed by atoms with E-state index in [-0.39, 0.29) is 5.91 Å². The van der Waals surface area contributed by atoms with Crippen LogP contribution in [-0.2, 0) is 13.6 Å². The number of hydrogen-bond donors (Lipinski definition) is 1. The van der Waals surface area contributed by atoms with Crippen molar-refractivity contribution < 1.29 is 4.79 Å². The first-order chi connectivity index (χ1) is 17.7. The van der Waals surface area contributed by atoms with Gasteiger partial charge in [0.05, 0.1) is 17.2 Å². The van der Waals surface area contributed by atoms with E-state index in [0.29, 0.717) is 12.0 Å². The molecule has 7 nitrogen and oxygen atoms in total. The number of fused-ring (bicyclic) bond motifs is 2. The Balaban J connectivity index is 1.23. The van der Waals surface area contributed by atoms with E-state index in [4.69, 9.17) is 9.97 Å². The summed E-state index contributed by atoms with van der Waals surface area (Å²) in [5.74, 6) is 3.42. The molecule has 2 aromatic carbocycles. The minimum Gasteiger partial charge on any atom is -0.337 e. The van der Waals surface area contributed by atoms with E-state index >= 15 is 0 Å². The van der Waals surface area contributed by atoms with Crippen LogP contribution in [0.4, 0.5) is 0 Å². The number of aryl methyl sites for hydroxylation is 1. The maximum Gasteiger partial charge on any atom is 0.253 e. The number of hydrogen-bond acceptors (Lipinski definition) is 4. The quantitative estimate of drug-likeness (QED) is 0.462. The van der Waals surface area contributed by atoms with Crippen LogP contribution < -0.4 is 5.32 Å². The lowest BCUT2D eigenvalue weighted by Gasteiger charge is -2.35. The zero-order chi connectivity index (χ0) is 24.2. The number of benzene rings is 2. The molecule has 1 amide bonds. The molecular weight excluding hydrogens is 448 g/mol. The van der Waals surface area contributed by atoms with E-state index in [0.717, 1.165) is 78.0 Å². The van der Waals surface area contributed by atoms with Crippen molar-refractivity contribution in [1.82, 2.24) is 29.3 Å². The third-order valence-corrected chi connectivity index (χ3v) is 8.35. The predicted octanol–water partition coefficient (Wildman–Crippen LogP) is 4.34. The number of nitrogens with one attached hydrogen (secondary N) is 1. The average Bonchev–Trinajstić information content (AvgIpc) is 3.30. The monoisotopic (exact) mass is 480 g/mol. The molecule has 4 heterocycles. The van der Waals surface area contributed by atoms with Crippen LogP contribution in [0.5, 0.6) is 0 Å². The van der Waals surface area contributed by atoms with Crippen LogP contribution in [-0.4, -0.2) is 55.6 Å². The third-order valence-electron chi connectivity index (χ3n) is 8.35. The number of carbonyl (C=O) groups excluding carboxylic acids is 1. The molecule has 36 heavy (non-hydrogen) atoms. The number of amides is 1. The second kappa shape index (κ2) is 8.59. The van der Waals surface area contributed by atoms with Crippen molar-refractivity contribution in [2.24, 2.45) is 18.9 Å². The van der Waals surface area contributed by atoms with Crippen molar-refractivity contribution in [3.05, 3.63) is 60.3 Å². The highest BCUT2D eigenvalue weighted by molar-refractivity contribution is 5.98. The first kappa shape index (κ1) is 21.8. The summed E-state index contributed by atoms with van der Waals surface area (Å²) >= 11 is 0. The summed E-state index contributed by atoms with van der Waals surface area (Å²) in [5, 5.41) is 3.57. The molecule has 7 heteroatoms. The van der Waals surface area contributed by atoms with Crippen LogP contribution in [0.15, 0.2) is 54.7 Å². The Labute approximate surface area is 211 Å². The Hall–Kier alpha value is -3.45. The predicted molar refractivity (Wildman–Crippen MR) is 141 cm³/mol. The number of imidazole rings is 2. The highest BCUT2D eigenvalue weighted by Gasteiger charge is 2.34. The van der Waals surface area contributed by atoms with E-state index in [1.165, 1.54) is 19.3 Å². The van der Waals surface area contributed by atoms with E-state index < -0.39 is 0 Å². The summed E-state index contributed by atoms with van der Waals surface area (Å²) in [6, 6.07) is 16.8. The largest absolute Gasteiger partial charge is 0.337 e. The molecule has 0 bridgehead atoms. The molecule has 1 N–H and O–H groups in total. The fourth-order valence-corrected chi connectivity index (χ4v) is 6.08. The highest BCUT2D eigenvalue weighted by Crippen LogP contribution is 2.36. The van der Waals surface area contributed by atoms with E-state index in [2.05, 4.69) is 45.8 Å². The standard InChI is InChI=1S/C29H32N6O/c1-33-25-10-9-22(29(36)34-14-12-20-11-13-30-24(20)18-34)15-23(25)32-28(33)26-16-31-27(21-5-3-2-4-6-21)35(26)17-19-7-8-19/h2-6,9-10,15-16,19-20,24,30H,7-8,11-14,17-18H2,1H3. The van der Waals surface area contributed by atoms with Gasteiger partial charge in [0.25, 0.3) is 5.91 Å². The minimum absolute atomic E-state index is 0.112. The SMILES string of the molecule is Cn1c(-c2cnc(-c3ccccc3)n2CC2CC2)nc2cc(C(=O)N3CCC4CCNC4C3)ccc21. The number of rotatable bonds is 5. The first-order valence-electron chi connectivity index (χ1n) is 13.3. The molecular formula is C29H32N6O. The van der Waals surface area contributed by atoms with E-state index in [9.17, 15) is 4.79 Å². The minimum atomic E-state index is 0.112. The molecule has 1 saturated carbocycles. The topological polar surface area (TPSA) is 68.0 Å². The summed E-state index contributed by atoms with van der Waals surface area (Å²) in [6.45, 7) is 3.68. The van der Waals surface area contributed by atoms with Crippen molar-refractivity contribution in [2.45, 2.75) is 38.3 Å². The van der Waals surface area contributed by atoms with Gasteiger partial charge in [-0.3, -0.25) is 4.79 Å². The molecule has 7 rings (SSSR count). The summed E-state index contributed by atoms with van der Waals surface area (Å²) in [7, 11) is 2.05. The van der Waals surface area contributed by atoms with Crippen LogP contribution >= 0.6 is 0 Å². The van der Waals surface area contributed by atoms with E-state index in [1.54, 1.807) is 0 Å². The highest BCUT2D eigenvalue weighted by atomic mass is 16.2. The van der Waals surface area contributed by atoms with Crippen molar-refractivity contribution in [3.63, 3.8) is 0 Å². The van der Waals surface area contributed by atoms with Crippen molar-refractivity contribution in [1.29, 1.82) is 0 Å². The summed E-state index contributed by atoms with van der Waals surface area (Å²) in [4.78, 5) is 25.3. The zero-order valence-corrected chi connectivity index (χ0v) is 20.7. The average molecular weight is 481 g/mol. The molecule has 3 fully saturated rings. The molecule has 184 valence electrons. The molecule has 3 aliphatic rings. The molecule has 1 aliphatic carbocycles. The normalized spacial score (nSPS) is 21.8. The fourth-order valence-electron chi connectivity index (χ4n) is 6.08. The van der Waals surface area contributed by atoms with Gasteiger partial charge in [0.2, 0.25) is 0 Å². The van der Waals surface area contributed by atoms with Gasteiger partial charge in [0.15, 0.2) is 5.82 Å². The molecule has 0 radical (unpaired) electrons. The number of likely N-dealkylation sites (tertiary alicyclic amines) is 1. The lowest BCUT2D eigenvalue weighted by atomic mass is 9.92. The lowest BCUT2D eigenvalue weighted by Crippen LogP contribution is -2.48. The van der Waals surface area contributed by atoms with Crippen LogP contribution in [0.3, 0.4) is 0 Å². The van der Waals surface area contributed by atoms with Gasteiger partial charge >= 0.3 is 0 Å². The Morgan fingerprint density at radius 3 is 2.75 bits per heavy atom. The Morgan fingerprint density at radius 2 is 1.92 bits per heavy atom. The summed E-state index contributed by atoms with van der Waals surface area (Å²) in [5.41, 5.74) is 4.75. The molecule has 0 spiro atoms. The van der Waals surface area contributed by atoms with Crippen LogP contribution in [0, 0.1) is 11.8 Å². The maximum absolute atomic E-state index is 13.4. The summed E-state index contributed by atoms with van der Waals surface area (Å²) < 4.78 is 4.46. The third kappa shape index (κ3) is 3.73. The number of carbonyl (C=O) groups is 1. The first-order valence-corrected chi connectivity index (χ1v) is 13.3. The number of piperidine rings is 1. The fraction of sp³-hybridized carbons (Fsp3) is 0.414.